The molecule has 0 radical (unpaired) electrons. The molecule has 1 atom stereocenters. The van der Waals surface area contributed by atoms with Crippen LogP contribution in [0.15, 0.2) is 124 Å². The Bertz CT molecular complexity index is 3780. The fraction of sp³-hybridized carbons (Fsp3) is 0.317. The van der Waals surface area contributed by atoms with Gasteiger partial charge in [0.05, 0.1) is 16.2 Å². The molecule has 1 aliphatic heterocycles. The van der Waals surface area contributed by atoms with Crippen LogP contribution in [-0.4, -0.2) is 58.3 Å². The second-order valence-corrected chi connectivity index (χ2v) is 26.1. The molecule has 0 spiro atoms. The fourth-order valence-corrected chi connectivity index (χ4v) is 14.3. The fourth-order valence-electron chi connectivity index (χ4n) is 9.89. The second kappa shape index (κ2) is 26.0. The molecule has 0 aliphatic carbocycles. The highest BCUT2D eigenvalue weighted by Gasteiger charge is 2.38. The molecule has 0 saturated carbocycles. The Morgan fingerprint density at radius 3 is 1.83 bits per heavy atom. The zero-order valence-corrected chi connectivity index (χ0v) is 49.4. The van der Waals surface area contributed by atoms with E-state index < -0.39 is 107 Å². The molecule has 1 heterocycles. The van der Waals surface area contributed by atoms with Gasteiger partial charge in [-0.1, -0.05) is 135 Å². The van der Waals surface area contributed by atoms with Crippen molar-refractivity contribution in [3.05, 3.63) is 193 Å². The van der Waals surface area contributed by atoms with E-state index >= 15 is 17.6 Å². The molecule has 0 aromatic heterocycles. The summed E-state index contributed by atoms with van der Waals surface area (Å²) in [4.78, 5) is 31.3. The minimum atomic E-state index is -6.06. The van der Waals surface area contributed by atoms with Crippen LogP contribution >= 0.6 is 11.8 Å². The summed E-state index contributed by atoms with van der Waals surface area (Å²) in [6, 6.07) is 28.8. The van der Waals surface area contributed by atoms with Crippen LogP contribution in [0.1, 0.15) is 155 Å². The maximum Gasteiger partial charge on any atom is 0.333 e. The van der Waals surface area contributed by atoms with Crippen LogP contribution in [0.25, 0.3) is 11.6 Å². The first-order valence-corrected chi connectivity index (χ1v) is 30.5. The van der Waals surface area contributed by atoms with Gasteiger partial charge in [-0.15, -0.1) is 15.9 Å². The van der Waals surface area contributed by atoms with Gasteiger partial charge in [0.1, 0.15) is 24.7 Å². The molecule has 12 nitrogen and oxygen atoms in total. The molecule has 0 amide bonds. The number of halogens is 4. The number of fused-ring (bicyclic) bond motifs is 2. The summed E-state index contributed by atoms with van der Waals surface area (Å²) in [5.74, 6) is -11.3. The van der Waals surface area contributed by atoms with Gasteiger partial charge in [-0.05, 0) is 118 Å². The van der Waals surface area contributed by atoms with Crippen LogP contribution in [0.3, 0.4) is 0 Å². The third-order valence-electron chi connectivity index (χ3n) is 13.8. The lowest BCUT2D eigenvalue weighted by atomic mass is 9.85. The topological polar surface area (TPSA) is 179 Å². The molecule has 1 unspecified atom stereocenters. The number of hydrogen-bond donors (Lipinski definition) is 2. The van der Waals surface area contributed by atoms with Gasteiger partial charge in [-0.25, -0.2) is 39.2 Å². The third kappa shape index (κ3) is 14.0. The number of carbonyl (C=O) groups excluding carboxylic acids is 2. The van der Waals surface area contributed by atoms with Gasteiger partial charge in [-0.3, -0.25) is 9.59 Å². The summed E-state index contributed by atoms with van der Waals surface area (Å²) in [7, 11) is -11.5. The smallest absolute Gasteiger partial charge is 0.333 e. The predicted octanol–water partition coefficient (Wildman–Crippen LogP) is 12.6. The van der Waals surface area contributed by atoms with Crippen LogP contribution < -0.4 is 19.3 Å². The molecule has 0 bridgehead atoms. The largest absolute Gasteiger partial charge is 0.481 e. The van der Waals surface area contributed by atoms with E-state index in [4.69, 9.17) is 14.2 Å². The van der Waals surface area contributed by atoms with E-state index in [9.17, 15) is 36.3 Å². The van der Waals surface area contributed by atoms with E-state index in [1.165, 1.54) is 40.4 Å². The van der Waals surface area contributed by atoms with Gasteiger partial charge in [0.25, 0.3) is 20.0 Å². The van der Waals surface area contributed by atoms with Gasteiger partial charge in [0, 0.05) is 39.2 Å². The van der Waals surface area contributed by atoms with E-state index in [1.54, 1.807) is 12.1 Å². The van der Waals surface area contributed by atoms with Gasteiger partial charge in [-0.2, -0.15) is 0 Å². The Kier molecular flexibility index (Phi) is 19.8. The highest BCUT2D eigenvalue weighted by atomic mass is 32.3. The van der Waals surface area contributed by atoms with Crippen LogP contribution in [0.5, 0.6) is 11.5 Å². The summed E-state index contributed by atoms with van der Waals surface area (Å²) in [5, 5.41) is 9.26. The van der Waals surface area contributed by atoms with Crippen molar-refractivity contribution in [3.63, 3.8) is 0 Å². The number of ether oxygens (including phenoxy) is 3. The molecule has 6 aromatic carbocycles. The lowest BCUT2D eigenvalue weighted by Crippen LogP contribution is -2.33. The van der Waals surface area contributed by atoms with Crippen molar-refractivity contribution < 1.29 is 68.1 Å². The summed E-state index contributed by atoms with van der Waals surface area (Å²) in [5.41, 5.74) is 8.44. The first kappa shape index (κ1) is 62.5. The molecular formula is C63H65F4NO11S3. The van der Waals surface area contributed by atoms with E-state index in [1.807, 2.05) is 30.3 Å². The first-order valence-electron chi connectivity index (χ1n) is 26.6. The van der Waals surface area contributed by atoms with Gasteiger partial charge >= 0.3 is 17.9 Å². The molecule has 7 rings (SSSR count). The first-order chi connectivity index (χ1) is 38.6. The number of benzene rings is 6. The van der Waals surface area contributed by atoms with Crippen molar-refractivity contribution >= 4 is 61.4 Å². The molecule has 434 valence electrons. The van der Waals surface area contributed by atoms with Crippen LogP contribution in [-0.2, 0) is 50.3 Å². The number of sulfonamides is 2. The minimum absolute atomic E-state index is 0.0257. The quantitative estimate of drug-likeness (QED) is 0.0155. The second-order valence-electron chi connectivity index (χ2n) is 21.3. The third-order valence-corrected chi connectivity index (χ3v) is 18.7. The van der Waals surface area contributed by atoms with Gasteiger partial charge in [0.2, 0.25) is 0 Å². The molecule has 1 aliphatic rings. The van der Waals surface area contributed by atoms with Gasteiger partial charge < -0.3 is 19.3 Å². The van der Waals surface area contributed by atoms with Crippen LogP contribution in [0, 0.1) is 23.3 Å². The van der Waals surface area contributed by atoms with E-state index in [-0.39, 0.29) is 58.8 Å². The molecular weight excluding hydrogens is 1120 g/mol. The van der Waals surface area contributed by atoms with Crippen molar-refractivity contribution in [3.8, 4) is 11.5 Å². The maximum atomic E-state index is 16.1. The Morgan fingerprint density at radius 2 is 1.26 bits per heavy atom. The molecule has 2 N–H and O–H groups in total. The van der Waals surface area contributed by atoms with Crippen LogP contribution in [0.2, 0.25) is 0 Å². The number of aliphatic carboxylic acids is 1. The SMILES string of the molecule is C=C(C)C(=O)OCCOC(=O)CCC(CC(=O)O)Sc1c(F)c(F)c(S(=O)(=O)NS(=O)(=O)c2ccccc2C2=c3cc/c(=C\c4c(C(C)C)cccc4C(C)C)cc3Oc3cc(Cc4c(C(C)C)cccc4C(C)C)ccc32)c(F)c1F. The Labute approximate surface area is 480 Å². The maximum absolute atomic E-state index is 16.1. The average molecular weight is 1180 g/mol. The molecule has 6 aromatic rings. The Morgan fingerprint density at radius 1 is 0.683 bits per heavy atom. The van der Waals surface area contributed by atoms with E-state index in [2.05, 4.69) is 98.4 Å². The lowest BCUT2D eigenvalue weighted by molar-refractivity contribution is -0.150. The average Bonchev–Trinajstić information content (AvgIpc) is 3.41. The zero-order valence-electron chi connectivity index (χ0n) is 46.9. The monoisotopic (exact) mass is 1180 g/mol. The van der Waals surface area contributed by atoms with Crippen molar-refractivity contribution in [2.75, 3.05) is 13.2 Å². The van der Waals surface area contributed by atoms with Crippen molar-refractivity contribution in [1.29, 1.82) is 0 Å². The van der Waals surface area contributed by atoms with E-state index in [0.717, 1.165) is 39.1 Å². The predicted molar refractivity (Wildman–Crippen MR) is 308 cm³/mol. The van der Waals surface area contributed by atoms with Crippen molar-refractivity contribution in [2.45, 2.75) is 132 Å². The normalized spacial score (nSPS) is 13.1. The molecule has 0 fully saturated rings. The number of rotatable bonds is 23. The lowest BCUT2D eigenvalue weighted by Gasteiger charge is -2.24. The summed E-state index contributed by atoms with van der Waals surface area (Å²) in [6.45, 7) is 21.0. The molecule has 19 heteroatoms. The number of nitrogens with one attached hydrogen (secondary N) is 1. The number of esters is 2. The number of carboxylic acid groups (broad SMARTS) is 1. The number of carboxylic acids is 1. The molecule has 82 heavy (non-hydrogen) atoms. The number of hydrogen-bond acceptors (Lipinski definition) is 11. The minimum Gasteiger partial charge on any atom is -0.481 e. The van der Waals surface area contributed by atoms with E-state index in [0.29, 0.717) is 28.7 Å². The Hall–Kier alpha value is -7.06. The number of carbonyl (C=O) groups is 3. The standard InChI is InChI=1S/C63H65F4NO11S3/c1-34(2)42-16-13-17-43(35(3)4)49(42)29-39-21-24-46-51(31-39)79-52-32-40(30-50-44(36(5)6)18-14-19-45(50)37(7)8)22-25-47(52)56(46)48-15-11-12-20-53(48)81(73,74)68-82(75,76)62-59(66)57(64)61(58(65)60(62)67)80-41(33-54(69)70)23-26-55(71)77-27-28-78-63(72)38(9)10/h11-22,24-25,29,31-32,34-37,41,68H,9,23,26-28,30,33H2,1-8,10H3,(H,69,70)/b39-29+. The summed E-state index contributed by atoms with van der Waals surface area (Å²) < 4.78 is 139. The van der Waals surface area contributed by atoms with Gasteiger partial charge in [0.15, 0.2) is 28.2 Å². The highest BCUT2D eigenvalue weighted by molar-refractivity contribution is 8.04. The Balaban J connectivity index is 1.30. The number of thioether (sulfide) groups is 1. The molecule has 0 saturated heterocycles. The zero-order chi connectivity index (χ0) is 60.1. The van der Waals surface area contributed by atoms with Crippen molar-refractivity contribution in [1.82, 2.24) is 4.13 Å². The van der Waals surface area contributed by atoms with Crippen LogP contribution in [0.4, 0.5) is 17.6 Å². The van der Waals surface area contributed by atoms with Crippen molar-refractivity contribution in [2.24, 2.45) is 0 Å². The summed E-state index contributed by atoms with van der Waals surface area (Å²) in [6.07, 6.45) is 0.670. The summed E-state index contributed by atoms with van der Waals surface area (Å²) >= 11 is -0.0257. The highest BCUT2D eigenvalue weighted by Crippen LogP contribution is 2.42.